The van der Waals surface area contributed by atoms with Crippen molar-refractivity contribution in [1.29, 1.82) is 0 Å². The quantitative estimate of drug-likeness (QED) is 0.538. The smallest absolute Gasteiger partial charge is 0.369 e. The van der Waals surface area contributed by atoms with Gasteiger partial charge in [0, 0.05) is 0 Å². The molecule has 2 N–H and O–H groups in total. The third-order valence-electron chi connectivity index (χ3n) is 1.60. The number of allylic oxidation sites excluding steroid dienone is 3. The number of rotatable bonds is 3. The lowest BCUT2D eigenvalue weighted by Crippen LogP contribution is -2.15. The van der Waals surface area contributed by atoms with Crippen molar-refractivity contribution in [2.24, 2.45) is 0 Å². The molecular weight excluding hydrogens is 191 g/mol. The van der Waals surface area contributed by atoms with Gasteiger partial charge in [0.2, 0.25) is 5.85 Å². The zero-order valence-electron chi connectivity index (χ0n) is 6.96. The fraction of sp³-hybridized carbons (Fsp3) is 0.250. The van der Waals surface area contributed by atoms with E-state index in [1.807, 2.05) is 0 Å². The van der Waals surface area contributed by atoms with Crippen LogP contribution in [0.4, 0.5) is 0 Å². The van der Waals surface area contributed by atoms with Crippen molar-refractivity contribution in [1.82, 2.24) is 0 Å². The summed E-state index contributed by atoms with van der Waals surface area (Å²) in [5.41, 5.74) is 0.547. The molecule has 1 aliphatic rings. The second-order valence-electron chi connectivity index (χ2n) is 2.64. The molecule has 1 atom stereocenters. The van der Waals surface area contributed by atoms with Crippen LogP contribution in [0.3, 0.4) is 0 Å². The van der Waals surface area contributed by atoms with Crippen molar-refractivity contribution in [3.05, 3.63) is 36.6 Å². The molecule has 0 radical (unpaired) electrons. The molecule has 1 heterocycles. The molecule has 0 aromatic carbocycles. The minimum atomic E-state index is -4.22. The molecule has 1 aliphatic heterocycles. The van der Waals surface area contributed by atoms with Crippen molar-refractivity contribution in [2.45, 2.75) is 12.3 Å². The first-order chi connectivity index (χ1) is 6.05. The molecular formula is C8H11O4P. The van der Waals surface area contributed by atoms with E-state index < -0.39 is 13.4 Å². The fourth-order valence-corrected chi connectivity index (χ4v) is 1.94. The molecule has 0 bridgehead atoms. The minimum Gasteiger partial charge on any atom is -0.481 e. The first-order valence-corrected chi connectivity index (χ1v) is 5.41. The van der Waals surface area contributed by atoms with Crippen LogP contribution < -0.4 is 0 Å². The highest BCUT2D eigenvalue weighted by Crippen LogP contribution is 2.47. The molecule has 13 heavy (non-hydrogen) atoms. The number of hydrogen-bond donors (Lipinski definition) is 2. The van der Waals surface area contributed by atoms with Crippen molar-refractivity contribution in [2.75, 3.05) is 0 Å². The molecule has 0 saturated carbocycles. The van der Waals surface area contributed by atoms with Crippen LogP contribution >= 0.6 is 7.60 Å². The van der Waals surface area contributed by atoms with Crippen LogP contribution in [0.5, 0.6) is 0 Å². The van der Waals surface area contributed by atoms with Gasteiger partial charge >= 0.3 is 7.60 Å². The third-order valence-corrected chi connectivity index (χ3v) is 2.66. The van der Waals surface area contributed by atoms with E-state index in [4.69, 9.17) is 14.5 Å². The van der Waals surface area contributed by atoms with Crippen LogP contribution in [0.15, 0.2) is 36.6 Å². The number of ether oxygens (including phenoxy) is 1. The summed E-state index contributed by atoms with van der Waals surface area (Å²) in [5, 5.41) is 0. The van der Waals surface area contributed by atoms with Crippen LogP contribution in [-0.2, 0) is 9.30 Å². The Bertz CT molecular complexity index is 299. The van der Waals surface area contributed by atoms with E-state index >= 15 is 0 Å². The summed E-state index contributed by atoms with van der Waals surface area (Å²) >= 11 is 0. The third kappa shape index (κ3) is 2.56. The van der Waals surface area contributed by atoms with Crippen molar-refractivity contribution >= 4 is 7.60 Å². The van der Waals surface area contributed by atoms with E-state index in [2.05, 4.69) is 6.58 Å². The summed E-state index contributed by atoms with van der Waals surface area (Å²) < 4.78 is 15.8. The van der Waals surface area contributed by atoms with Crippen LogP contribution in [0.1, 0.15) is 6.42 Å². The molecule has 0 saturated heterocycles. The van der Waals surface area contributed by atoms with Gasteiger partial charge in [-0.15, -0.1) is 6.58 Å². The predicted octanol–water partition coefficient (Wildman–Crippen LogP) is 1.54. The van der Waals surface area contributed by atoms with E-state index in [1.165, 1.54) is 6.26 Å². The molecule has 0 fully saturated rings. The molecule has 0 aromatic heterocycles. The van der Waals surface area contributed by atoms with Gasteiger partial charge in [0.15, 0.2) is 0 Å². The van der Waals surface area contributed by atoms with Gasteiger partial charge in [0.25, 0.3) is 0 Å². The number of hydrogen-bond acceptors (Lipinski definition) is 2. The van der Waals surface area contributed by atoms with Gasteiger partial charge in [0.1, 0.15) is 0 Å². The first-order valence-electron chi connectivity index (χ1n) is 3.73. The molecule has 0 aromatic rings. The van der Waals surface area contributed by atoms with Crippen molar-refractivity contribution in [3.63, 3.8) is 0 Å². The lowest BCUT2D eigenvalue weighted by Gasteiger charge is -2.22. The lowest BCUT2D eigenvalue weighted by atomic mass is 10.1. The maximum Gasteiger partial charge on any atom is 0.369 e. The monoisotopic (exact) mass is 202 g/mol. The average molecular weight is 202 g/mol. The SMILES string of the molecule is C=CCC1=CC=COC1P(=O)(O)O. The zero-order valence-corrected chi connectivity index (χ0v) is 7.85. The predicted molar refractivity (Wildman–Crippen MR) is 49.0 cm³/mol. The summed E-state index contributed by atoms with van der Waals surface area (Å²) in [7, 11) is -4.22. The van der Waals surface area contributed by atoms with E-state index in [0.717, 1.165) is 0 Å². The van der Waals surface area contributed by atoms with Crippen molar-refractivity contribution in [3.8, 4) is 0 Å². The van der Waals surface area contributed by atoms with Gasteiger partial charge in [-0.25, -0.2) is 0 Å². The maximum absolute atomic E-state index is 10.9. The highest BCUT2D eigenvalue weighted by Gasteiger charge is 2.33. The molecule has 72 valence electrons. The normalized spacial score (nSPS) is 22.0. The Labute approximate surface area is 76.4 Å². The van der Waals surface area contributed by atoms with E-state index in [9.17, 15) is 4.57 Å². The van der Waals surface area contributed by atoms with Gasteiger partial charge in [-0.1, -0.05) is 12.2 Å². The van der Waals surface area contributed by atoms with Gasteiger partial charge < -0.3 is 14.5 Å². The topological polar surface area (TPSA) is 66.8 Å². The van der Waals surface area contributed by atoms with Crippen LogP contribution in [0, 0.1) is 0 Å². The summed E-state index contributed by atoms with van der Waals surface area (Å²) in [4.78, 5) is 17.8. The summed E-state index contributed by atoms with van der Waals surface area (Å²) in [6, 6.07) is 0. The summed E-state index contributed by atoms with van der Waals surface area (Å²) in [6.45, 7) is 3.50. The van der Waals surface area contributed by atoms with Gasteiger partial charge in [-0.2, -0.15) is 0 Å². The Kier molecular flexibility index (Phi) is 3.09. The second kappa shape index (κ2) is 3.92. The maximum atomic E-state index is 10.9. The van der Waals surface area contributed by atoms with Crippen LogP contribution in [-0.4, -0.2) is 15.6 Å². The molecule has 0 amide bonds. The zero-order chi connectivity index (χ0) is 9.90. The van der Waals surface area contributed by atoms with Crippen molar-refractivity contribution < 1.29 is 19.1 Å². The van der Waals surface area contributed by atoms with Crippen LogP contribution in [0.2, 0.25) is 0 Å². The summed E-state index contributed by atoms with van der Waals surface area (Å²) in [6.07, 6.45) is 6.51. The lowest BCUT2D eigenvalue weighted by molar-refractivity contribution is 0.195. The van der Waals surface area contributed by atoms with Gasteiger partial charge in [-0.05, 0) is 18.1 Å². The Balaban J connectivity index is 2.87. The highest BCUT2D eigenvalue weighted by atomic mass is 31.2. The first kappa shape index (κ1) is 10.3. The van der Waals surface area contributed by atoms with Crippen LogP contribution in [0.25, 0.3) is 0 Å². The molecule has 0 spiro atoms. The second-order valence-corrected chi connectivity index (χ2v) is 4.29. The van der Waals surface area contributed by atoms with Gasteiger partial charge in [0.05, 0.1) is 6.26 Å². The Morgan fingerprint density at radius 1 is 1.69 bits per heavy atom. The molecule has 1 rings (SSSR count). The molecule has 0 aliphatic carbocycles. The Hall–Kier alpha value is -0.830. The van der Waals surface area contributed by atoms with E-state index in [-0.39, 0.29) is 0 Å². The summed E-state index contributed by atoms with van der Waals surface area (Å²) in [5.74, 6) is -1.14. The van der Waals surface area contributed by atoms with E-state index in [1.54, 1.807) is 18.2 Å². The fourth-order valence-electron chi connectivity index (χ4n) is 1.08. The molecule has 5 heteroatoms. The highest BCUT2D eigenvalue weighted by molar-refractivity contribution is 7.52. The average Bonchev–Trinajstić information content (AvgIpc) is 2.04. The molecule has 4 nitrogen and oxygen atoms in total. The van der Waals surface area contributed by atoms with Gasteiger partial charge in [-0.3, -0.25) is 4.57 Å². The Morgan fingerprint density at radius 2 is 2.38 bits per heavy atom. The Morgan fingerprint density at radius 3 is 2.92 bits per heavy atom. The minimum absolute atomic E-state index is 0.417. The van der Waals surface area contributed by atoms with E-state index in [0.29, 0.717) is 12.0 Å². The largest absolute Gasteiger partial charge is 0.481 e. The molecule has 1 unspecified atom stereocenters. The standard InChI is InChI=1S/C8H11O4P/c1-2-4-7-5-3-6-12-8(7)13(9,10)11/h2-3,5-6,8H,1,4H2,(H2,9,10,11).